The third-order valence-electron chi connectivity index (χ3n) is 4.09. The molecule has 1 heterocycles. The number of amides is 1. The zero-order chi connectivity index (χ0) is 13.2. The van der Waals surface area contributed by atoms with E-state index in [2.05, 4.69) is 5.32 Å². The Morgan fingerprint density at radius 3 is 2.84 bits per heavy atom. The summed E-state index contributed by atoms with van der Waals surface area (Å²) in [7, 11) is 0. The average Bonchev–Trinajstić information content (AvgIpc) is 2.85. The van der Waals surface area contributed by atoms with Crippen molar-refractivity contribution < 1.29 is 9.53 Å². The Morgan fingerprint density at radius 2 is 2.05 bits per heavy atom. The predicted octanol–water partition coefficient (Wildman–Crippen LogP) is 1.38. The highest BCUT2D eigenvalue weighted by Gasteiger charge is 2.31. The molecule has 1 saturated carbocycles. The largest absolute Gasteiger partial charge is 0.480 e. The van der Waals surface area contributed by atoms with Gasteiger partial charge in [-0.05, 0) is 24.5 Å². The first-order chi connectivity index (χ1) is 9.24. The second-order valence-electron chi connectivity index (χ2n) is 5.48. The molecule has 3 N–H and O–H groups in total. The van der Waals surface area contributed by atoms with Crippen molar-refractivity contribution >= 4 is 5.91 Å². The fraction of sp³-hybridized carbons (Fsp3) is 0.533. The van der Waals surface area contributed by atoms with Crippen LogP contribution in [0, 0.1) is 0 Å². The van der Waals surface area contributed by atoms with Gasteiger partial charge in [-0.3, -0.25) is 4.79 Å². The van der Waals surface area contributed by atoms with Crippen LogP contribution in [0.15, 0.2) is 24.3 Å². The molecule has 0 radical (unpaired) electrons. The van der Waals surface area contributed by atoms with Gasteiger partial charge >= 0.3 is 0 Å². The standard InChI is InChI=1S/C15H20N2O2/c16-11-6-2-3-7-12(11)17-15(18)14-9-10-5-1-4-8-13(10)19-14/h1,4-5,8,11-12,14H,2-3,6-7,9,16H2,(H,17,18). The third-order valence-corrected chi connectivity index (χ3v) is 4.09. The highest BCUT2D eigenvalue weighted by molar-refractivity contribution is 5.82. The molecule has 1 aromatic rings. The molecule has 3 rings (SSSR count). The van der Waals surface area contributed by atoms with Crippen molar-refractivity contribution in [3.8, 4) is 5.75 Å². The SMILES string of the molecule is NC1CCCCC1NC(=O)C1Cc2ccccc2O1. The molecule has 0 bridgehead atoms. The molecule has 0 saturated heterocycles. The number of benzene rings is 1. The number of para-hydroxylation sites is 1. The molecule has 3 atom stereocenters. The second kappa shape index (κ2) is 5.21. The quantitative estimate of drug-likeness (QED) is 0.844. The van der Waals surface area contributed by atoms with E-state index in [-0.39, 0.29) is 18.0 Å². The lowest BCUT2D eigenvalue weighted by Crippen LogP contribution is -2.52. The minimum Gasteiger partial charge on any atom is -0.480 e. The minimum atomic E-state index is -0.397. The molecule has 1 aromatic carbocycles. The first kappa shape index (κ1) is 12.5. The summed E-state index contributed by atoms with van der Waals surface area (Å²) in [6, 6.07) is 8.01. The number of fused-ring (bicyclic) bond motifs is 1. The smallest absolute Gasteiger partial charge is 0.261 e. The van der Waals surface area contributed by atoms with Crippen molar-refractivity contribution in [2.45, 2.75) is 50.3 Å². The molecule has 0 spiro atoms. The van der Waals surface area contributed by atoms with E-state index in [1.165, 1.54) is 6.42 Å². The number of carbonyl (C=O) groups is 1. The van der Waals surface area contributed by atoms with E-state index in [1.807, 2.05) is 24.3 Å². The summed E-state index contributed by atoms with van der Waals surface area (Å²) in [4.78, 5) is 12.2. The lowest BCUT2D eigenvalue weighted by atomic mass is 9.91. The number of ether oxygens (including phenoxy) is 1. The van der Waals surface area contributed by atoms with Crippen molar-refractivity contribution in [2.24, 2.45) is 5.73 Å². The van der Waals surface area contributed by atoms with Gasteiger partial charge in [-0.15, -0.1) is 0 Å². The van der Waals surface area contributed by atoms with Gasteiger partial charge in [0.15, 0.2) is 6.10 Å². The fourth-order valence-corrected chi connectivity index (χ4v) is 2.94. The van der Waals surface area contributed by atoms with Crippen molar-refractivity contribution in [2.75, 3.05) is 0 Å². The molecule has 4 nitrogen and oxygen atoms in total. The molecule has 1 fully saturated rings. The maximum absolute atomic E-state index is 12.2. The van der Waals surface area contributed by atoms with E-state index in [1.54, 1.807) is 0 Å². The van der Waals surface area contributed by atoms with Crippen LogP contribution in [-0.2, 0) is 11.2 Å². The fourth-order valence-electron chi connectivity index (χ4n) is 2.94. The Balaban J connectivity index is 1.60. The number of hydrogen-bond acceptors (Lipinski definition) is 3. The van der Waals surface area contributed by atoms with Crippen LogP contribution in [0.25, 0.3) is 0 Å². The summed E-state index contributed by atoms with van der Waals surface area (Å²) in [5.74, 6) is 0.800. The predicted molar refractivity (Wildman–Crippen MR) is 72.9 cm³/mol. The highest BCUT2D eigenvalue weighted by atomic mass is 16.5. The molecule has 1 aliphatic carbocycles. The molecule has 19 heavy (non-hydrogen) atoms. The Kier molecular flexibility index (Phi) is 3.42. The van der Waals surface area contributed by atoms with Crippen molar-refractivity contribution in [1.29, 1.82) is 0 Å². The number of carbonyl (C=O) groups excluding carboxylic acids is 1. The van der Waals surface area contributed by atoms with Crippen LogP contribution in [0.3, 0.4) is 0 Å². The molecule has 1 amide bonds. The Morgan fingerprint density at radius 1 is 1.26 bits per heavy atom. The molecular weight excluding hydrogens is 240 g/mol. The topological polar surface area (TPSA) is 64.3 Å². The summed E-state index contributed by atoms with van der Waals surface area (Å²) < 4.78 is 5.69. The maximum atomic E-state index is 12.2. The Hall–Kier alpha value is -1.55. The van der Waals surface area contributed by atoms with Crippen LogP contribution in [0.1, 0.15) is 31.2 Å². The van der Waals surface area contributed by atoms with Crippen LogP contribution in [-0.4, -0.2) is 24.1 Å². The molecule has 4 heteroatoms. The van der Waals surface area contributed by atoms with Crippen molar-refractivity contribution in [3.63, 3.8) is 0 Å². The van der Waals surface area contributed by atoms with Crippen LogP contribution in [0.5, 0.6) is 5.75 Å². The van der Waals surface area contributed by atoms with Gasteiger partial charge in [0, 0.05) is 18.5 Å². The lowest BCUT2D eigenvalue weighted by molar-refractivity contribution is -0.128. The van der Waals surface area contributed by atoms with E-state index >= 15 is 0 Å². The third kappa shape index (κ3) is 2.59. The lowest BCUT2D eigenvalue weighted by Gasteiger charge is -2.30. The normalized spacial score (nSPS) is 29.4. The van der Waals surface area contributed by atoms with Gasteiger partial charge in [-0.1, -0.05) is 31.0 Å². The van der Waals surface area contributed by atoms with Gasteiger partial charge in [0.25, 0.3) is 5.91 Å². The van der Waals surface area contributed by atoms with E-state index in [9.17, 15) is 4.79 Å². The van der Waals surface area contributed by atoms with Gasteiger partial charge in [-0.25, -0.2) is 0 Å². The van der Waals surface area contributed by atoms with Crippen LogP contribution >= 0.6 is 0 Å². The first-order valence-electron chi connectivity index (χ1n) is 7.04. The van der Waals surface area contributed by atoms with Gasteiger partial charge in [0.1, 0.15) is 5.75 Å². The first-order valence-corrected chi connectivity index (χ1v) is 7.04. The summed E-state index contributed by atoms with van der Waals surface area (Å²) in [5, 5.41) is 3.06. The minimum absolute atomic E-state index is 0.0291. The van der Waals surface area contributed by atoms with Gasteiger partial charge in [-0.2, -0.15) is 0 Å². The monoisotopic (exact) mass is 260 g/mol. The molecule has 2 aliphatic rings. The van der Waals surface area contributed by atoms with Crippen LogP contribution in [0.2, 0.25) is 0 Å². The average molecular weight is 260 g/mol. The van der Waals surface area contributed by atoms with Crippen LogP contribution < -0.4 is 15.8 Å². The number of nitrogens with two attached hydrogens (primary N) is 1. The summed E-state index contributed by atoms with van der Waals surface area (Å²) in [6.45, 7) is 0. The molecule has 1 aliphatic heterocycles. The molecular formula is C15H20N2O2. The van der Waals surface area contributed by atoms with E-state index in [4.69, 9.17) is 10.5 Å². The van der Waals surface area contributed by atoms with Crippen molar-refractivity contribution in [3.05, 3.63) is 29.8 Å². The summed E-state index contributed by atoms with van der Waals surface area (Å²) in [5.41, 5.74) is 7.16. The van der Waals surface area contributed by atoms with Crippen molar-refractivity contribution in [1.82, 2.24) is 5.32 Å². The highest BCUT2D eigenvalue weighted by Crippen LogP contribution is 2.28. The van der Waals surface area contributed by atoms with E-state index < -0.39 is 6.10 Å². The maximum Gasteiger partial charge on any atom is 0.261 e. The van der Waals surface area contributed by atoms with Gasteiger partial charge in [0.05, 0.1) is 0 Å². The number of hydrogen-bond donors (Lipinski definition) is 2. The Bertz CT molecular complexity index is 450. The number of nitrogens with one attached hydrogen (secondary N) is 1. The Labute approximate surface area is 113 Å². The number of rotatable bonds is 2. The zero-order valence-electron chi connectivity index (χ0n) is 11.0. The van der Waals surface area contributed by atoms with Gasteiger partial charge < -0.3 is 15.8 Å². The molecule has 102 valence electrons. The summed E-state index contributed by atoms with van der Waals surface area (Å²) >= 11 is 0. The van der Waals surface area contributed by atoms with E-state index in [0.717, 1.165) is 30.6 Å². The second-order valence-corrected chi connectivity index (χ2v) is 5.48. The summed E-state index contributed by atoms with van der Waals surface area (Å²) in [6.07, 6.45) is 4.54. The van der Waals surface area contributed by atoms with E-state index in [0.29, 0.717) is 6.42 Å². The zero-order valence-corrected chi connectivity index (χ0v) is 11.0. The van der Waals surface area contributed by atoms with Gasteiger partial charge in [0.2, 0.25) is 0 Å². The molecule has 3 unspecified atom stereocenters. The van der Waals surface area contributed by atoms with Crippen LogP contribution in [0.4, 0.5) is 0 Å². The molecule has 0 aromatic heterocycles.